The van der Waals surface area contributed by atoms with Gasteiger partial charge >= 0.3 is 0 Å². The second-order valence-corrected chi connectivity index (χ2v) is 3.88. The highest BCUT2D eigenvalue weighted by Crippen LogP contribution is 2.37. The maximum Gasteiger partial charge on any atom is 0.230 e. The Kier molecular flexibility index (Phi) is 1.83. The Labute approximate surface area is 87.3 Å². The third-order valence-corrected chi connectivity index (χ3v) is 2.79. The van der Waals surface area contributed by atoms with Gasteiger partial charge in [-0.3, -0.25) is 0 Å². The molecule has 0 saturated carbocycles. The largest absolute Gasteiger partial charge is 0.458 e. The Morgan fingerprint density at radius 1 is 1.33 bits per heavy atom. The predicted molar refractivity (Wildman–Crippen MR) is 54.0 cm³/mol. The molecule has 1 atom stereocenters. The molecule has 1 unspecified atom stereocenters. The van der Waals surface area contributed by atoms with Gasteiger partial charge in [-0.05, 0) is 36.8 Å². The number of hydrogen-bond donors (Lipinski definition) is 0. The van der Waals surface area contributed by atoms with Gasteiger partial charge in [-0.2, -0.15) is 0 Å². The van der Waals surface area contributed by atoms with E-state index >= 15 is 0 Å². The van der Waals surface area contributed by atoms with Crippen molar-refractivity contribution in [2.75, 3.05) is 6.61 Å². The fourth-order valence-electron chi connectivity index (χ4n) is 2.03. The highest BCUT2D eigenvalue weighted by molar-refractivity contribution is 5.60. The molecule has 0 aromatic heterocycles. The van der Waals surface area contributed by atoms with Crippen molar-refractivity contribution in [3.63, 3.8) is 0 Å². The van der Waals surface area contributed by atoms with Gasteiger partial charge in [-0.1, -0.05) is 0 Å². The first kappa shape index (κ1) is 8.92. The summed E-state index contributed by atoms with van der Waals surface area (Å²) in [4.78, 5) is 0. The van der Waals surface area contributed by atoms with E-state index in [4.69, 9.17) is 9.47 Å². The van der Waals surface area contributed by atoms with Gasteiger partial charge in [0.15, 0.2) is 0 Å². The zero-order valence-corrected chi connectivity index (χ0v) is 8.20. The Balaban J connectivity index is 2.00. The molecular weight excluding hydrogens is 195 g/mol. The van der Waals surface area contributed by atoms with Gasteiger partial charge < -0.3 is 9.47 Å². The molecule has 1 aromatic carbocycles. The van der Waals surface area contributed by atoms with Gasteiger partial charge in [0, 0.05) is 12.0 Å². The van der Waals surface area contributed by atoms with E-state index in [-0.39, 0.29) is 5.82 Å². The second kappa shape index (κ2) is 3.07. The van der Waals surface area contributed by atoms with Crippen LogP contribution in [0.25, 0.3) is 6.08 Å². The zero-order valence-electron chi connectivity index (χ0n) is 8.20. The van der Waals surface area contributed by atoms with Crippen molar-refractivity contribution in [1.82, 2.24) is 0 Å². The van der Waals surface area contributed by atoms with Crippen LogP contribution in [0.3, 0.4) is 0 Å². The molecule has 2 heterocycles. The highest BCUT2D eigenvalue weighted by Gasteiger charge is 2.37. The number of rotatable bonds is 0. The summed E-state index contributed by atoms with van der Waals surface area (Å²) in [6.07, 6.45) is 5.61. The molecule has 0 aliphatic carbocycles. The van der Waals surface area contributed by atoms with Gasteiger partial charge in [0.1, 0.15) is 11.6 Å². The molecule has 0 amide bonds. The monoisotopic (exact) mass is 206 g/mol. The minimum absolute atomic E-state index is 0.245. The molecule has 0 bridgehead atoms. The Hall–Kier alpha value is -1.35. The van der Waals surface area contributed by atoms with Crippen LogP contribution in [-0.2, 0) is 4.74 Å². The van der Waals surface area contributed by atoms with Crippen molar-refractivity contribution in [3.05, 3.63) is 35.7 Å². The van der Waals surface area contributed by atoms with E-state index in [0.29, 0.717) is 5.75 Å². The fraction of sp³-hybridized carbons (Fsp3) is 0.333. The van der Waals surface area contributed by atoms with Crippen LogP contribution in [0.2, 0.25) is 0 Å². The first-order chi connectivity index (χ1) is 7.27. The van der Waals surface area contributed by atoms with Crippen LogP contribution in [0.4, 0.5) is 4.39 Å². The standard InChI is InChI=1S/C12H11FO2/c13-10-2-3-11-9(8-10)4-6-12(15-11)5-1-7-14-12/h2-4,6,8H,1,5,7H2. The van der Waals surface area contributed by atoms with Gasteiger partial charge in [-0.25, -0.2) is 4.39 Å². The molecule has 2 aliphatic heterocycles. The van der Waals surface area contributed by atoms with Crippen molar-refractivity contribution in [3.8, 4) is 5.75 Å². The summed E-state index contributed by atoms with van der Waals surface area (Å²) in [7, 11) is 0. The van der Waals surface area contributed by atoms with E-state index in [9.17, 15) is 4.39 Å². The van der Waals surface area contributed by atoms with Crippen LogP contribution in [-0.4, -0.2) is 12.4 Å². The van der Waals surface area contributed by atoms with Gasteiger partial charge in [0.2, 0.25) is 5.79 Å². The molecule has 15 heavy (non-hydrogen) atoms. The summed E-state index contributed by atoms with van der Waals surface area (Å²) >= 11 is 0. The minimum Gasteiger partial charge on any atom is -0.458 e. The van der Waals surface area contributed by atoms with Crippen molar-refractivity contribution in [2.45, 2.75) is 18.6 Å². The second-order valence-electron chi connectivity index (χ2n) is 3.88. The number of hydrogen-bond acceptors (Lipinski definition) is 2. The molecule has 78 valence electrons. The molecule has 0 radical (unpaired) electrons. The summed E-state index contributed by atoms with van der Waals surface area (Å²) in [5.74, 6) is -0.142. The van der Waals surface area contributed by atoms with E-state index in [1.54, 1.807) is 6.07 Å². The van der Waals surface area contributed by atoms with Crippen molar-refractivity contribution < 1.29 is 13.9 Å². The highest BCUT2D eigenvalue weighted by atomic mass is 19.1. The fourth-order valence-corrected chi connectivity index (χ4v) is 2.03. The summed E-state index contributed by atoms with van der Waals surface area (Å²) < 4.78 is 24.3. The summed E-state index contributed by atoms with van der Waals surface area (Å²) in [6.45, 7) is 0.723. The van der Waals surface area contributed by atoms with E-state index in [1.165, 1.54) is 12.1 Å². The summed E-state index contributed by atoms with van der Waals surface area (Å²) in [5, 5.41) is 0. The molecule has 3 heteroatoms. The Bertz CT molecular complexity index is 420. The summed E-state index contributed by atoms with van der Waals surface area (Å²) in [5.41, 5.74) is 0.774. The molecular formula is C12H11FO2. The van der Waals surface area contributed by atoms with Crippen molar-refractivity contribution >= 4 is 6.08 Å². The Morgan fingerprint density at radius 3 is 3.07 bits per heavy atom. The van der Waals surface area contributed by atoms with Crippen molar-refractivity contribution in [1.29, 1.82) is 0 Å². The topological polar surface area (TPSA) is 18.5 Å². The molecule has 1 saturated heterocycles. The molecule has 1 fully saturated rings. The average molecular weight is 206 g/mol. The predicted octanol–water partition coefficient (Wildman–Crippen LogP) is 2.74. The first-order valence-corrected chi connectivity index (χ1v) is 5.09. The molecule has 2 nitrogen and oxygen atoms in total. The average Bonchev–Trinajstić information content (AvgIpc) is 2.67. The molecule has 3 rings (SSSR count). The van der Waals surface area contributed by atoms with Crippen LogP contribution >= 0.6 is 0 Å². The lowest BCUT2D eigenvalue weighted by Crippen LogP contribution is -2.34. The third-order valence-electron chi connectivity index (χ3n) is 2.79. The quantitative estimate of drug-likeness (QED) is 0.649. The number of benzene rings is 1. The lowest BCUT2D eigenvalue weighted by molar-refractivity contribution is -0.111. The van der Waals surface area contributed by atoms with E-state index in [0.717, 1.165) is 25.0 Å². The Morgan fingerprint density at radius 2 is 2.27 bits per heavy atom. The SMILES string of the molecule is Fc1ccc2c(c1)C=CC1(CCCO1)O2. The van der Waals surface area contributed by atoms with Crippen LogP contribution < -0.4 is 4.74 Å². The van der Waals surface area contributed by atoms with Crippen molar-refractivity contribution in [2.24, 2.45) is 0 Å². The lowest BCUT2D eigenvalue weighted by atomic mass is 10.1. The number of ether oxygens (including phenoxy) is 2. The maximum absolute atomic E-state index is 12.9. The number of halogens is 1. The smallest absolute Gasteiger partial charge is 0.230 e. The van der Waals surface area contributed by atoms with E-state index < -0.39 is 5.79 Å². The van der Waals surface area contributed by atoms with Crippen LogP contribution in [0.15, 0.2) is 24.3 Å². The first-order valence-electron chi connectivity index (χ1n) is 5.09. The zero-order chi connectivity index (χ0) is 10.3. The normalized spacial score (nSPS) is 27.8. The summed E-state index contributed by atoms with van der Waals surface area (Å²) in [6, 6.07) is 4.52. The van der Waals surface area contributed by atoms with Crippen LogP contribution in [0, 0.1) is 5.82 Å². The molecule has 1 spiro atoms. The molecule has 2 aliphatic rings. The lowest BCUT2D eigenvalue weighted by Gasteiger charge is -2.30. The maximum atomic E-state index is 12.9. The van der Waals surface area contributed by atoms with Gasteiger partial charge in [0.25, 0.3) is 0 Å². The molecule has 0 N–H and O–H groups in total. The van der Waals surface area contributed by atoms with Crippen LogP contribution in [0.5, 0.6) is 5.75 Å². The van der Waals surface area contributed by atoms with Gasteiger partial charge in [0.05, 0.1) is 6.61 Å². The number of fused-ring (bicyclic) bond motifs is 1. The van der Waals surface area contributed by atoms with Gasteiger partial charge in [-0.15, -0.1) is 0 Å². The molecule has 1 aromatic rings. The third kappa shape index (κ3) is 1.43. The van der Waals surface area contributed by atoms with E-state index in [2.05, 4.69) is 0 Å². The van der Waals surface area contributed by atoms with E-state index in [1.807, 2.05) is 12.2 Å². The van der Waals surface area contributed by atoms with Crippen LogP contribution in [0.1, 0.15) is 18.4 Å². The minimum atomic E-state index is -0.592.